The van der Waals surface area contributed by atoms with Crippen molar-refractivity contribution in [3.8, 4) is 0 Å². The maximum absolute atomic E-state index is 11.8. The van der Waals surface area contributed by atoms with Crippen LogP contribution in [0.2, 0.25) is 0 Å². The highest BCUT2D eigenvalue weighted by molar-refractivity contribution is 7.07. The average Bonchev–Trinajstić information content (AvgIpc) is 2.92. The smallest absolute Gasteiger partial charge is 0.275 e. The van der Waals surface area contributed by atoms with Crippen LogP contribution in [0.3, 0.4) is 0 Å². The van der Waals surface area contributed by atoms with Gasteiger partial charge in [0.2, 0.25) is 0 Å². The van der Waals surface area contributed by atoms with Crippen molar-refractivity contribution in [3.05, 3.63) is 46.4 Å². The summed E-state index contributed by atoms with van der Waals surface area (Å²) in [5.41, 5.74) is 4.25. The number of anilines is 1. The Balaban J connectivity index is 1.96. The fourth-order valence-electron chi connectivity index (χ4n) is 1.66. The van der Waals surface area contributed by atoms with E-state index in [4.69, 9.17) is 0 Å². The van der Waals surface area contributed by atoms with Gasteiger partial charge in [-0.25, -0.2) is 4.98 Å². The summed E-state index contributed by atoms with van der Waals surface area (Å²) >= 11 is 1.42. The van der Waals surface area contributed by atoms with Gasteiger partial charge >= 0.3 is 0 Å². The summed E-state index contributed by atoms with van der Waals surface area (Å²) in [7, 11) is 0. The van der Waals surface area contributed by atoms with Crippen molar-refractivity contribution in [1.82, 2.24) is 4.98 Å². The number of nitrogens with zero attached hydrogens (tertiary/aromatic N) is 1. The highest BCUT2D eigenvalue weighted by Gasteiger charge is 2.07. The SMILES string of the molecule is CCCCc1ccc(NC(=O)c2cscn2)cc1. The molecule has 1 N–H and O–H groups in total. The molecule has 0 radical (unpaired) electrons. The average molecular weight is 260 g/mol. The first-order chi connectivity index (χ1) is 8.79. The minimum atomic E-state index is -0.155. The highest BCUT2D eigenvalue weighted by atomic mass is 32.1. The van der Waals surface area contributed by atoms with Crippen LogP contribution >= 0.6 is 11.3 Å². The van der Waals surface area contributed by atoms with Crippen LogP contribution in [0.4, 0.5) is 5.69 Å². The van der Waals surface area contributed by atoms with Crippen molar-refractivity contribution in [2.24, 2.45) is 0 Å². The topological polar surface area (TPSA) is 42.0 Å². The lowest BCUT2D eigenvalue weighted by Gasteiger charge is -2.05. The quantitative estimate of drug-likeness (QED) is 0.889. The number of hydrogen-bond donors (Lipinski definition) is 1. The van der Waals surface area contributed by atoms with Gasteiger partial charge in [0.25, 0.3) is 5.91 Å². The predicted octanol–water partition coefficient (Wildman–Crippen LogP) is 3.74. The third-order valence-electron chi connectivity index (χ3n) is 2.70. The van der Waals surface area contributed by atoms with Crippen LogP contribution in [0.5, 0.6) is 0 Å². The van der Waals surface area contributed by atoms with E-state index in [1.807, 2.05) is 12.1 Å². The van der Waals surface area contributed by atoms with Crippen molar-refractivity contribution in [2.45, 2.75) is 26.2 Å². The van der Waals surface area contributed by atoms with Gasteiger partial charge in [-0.1, -0.05) is 25.5 Å². The fraction of sp³-hybridized carbons (Fsp3) is 0.286. The molecule has 1 aromatic carbocycles. The molecule has 0 spiro atoms. The molecule has 18 heavy (non-hydrogen) atoms. The minimum Gasteiger partial charge on any atom is -0.321 e. The molecule has 0 saturated carbocycles. The normalized spacial score (nSPS) is 10.3. The Bertz CT molecular complexity index is 491. The zero-order valence-electron chi connectivity index (χ0n) is 10.3. The lowest BCUT2D eigenvalue weighted by atomic mass is 10.1. The summed E-state index contributed by atoms with van der Waals surface area (Å²) in [4.78, 5) is 15.7. The van der Waals surface area contributed by atoms with Gasteiger partial charge in [0.05, 0.1) is 5.51 Å². The van der Waals surface area contributed by atoms with E-state index in [2.05, 4.69) is 29.4 Å². The molecular formula is C14H16N2OS. The van der Waals surface area contributed by atoms with Gasteiger partial charge in [0, 0.05) is 11.1 Å². The van der Waals surface area contributed by atoms with Crippen LogP contribution in [-0.4, -0.2) is 10.9 Å². The number of carbonyl (C=O) groups excluding carboxylic acids is 1. The monoisotopic (exact) mass is 260 g/mol. The van der Waals surface area contributed by atoms with E-state index in [1.54, 1.807) is 10.9 Å². The molecule has 0 unspecified atom stereocenters. The predicted molar refractivity (Wildman–Crippen MR) is 75.1 cm³/mol. The van der Waals surface area contributed by atoms with Crippen molar-refractivity contribution in [1.29, 1.82) is 0 Å². The molecule has 2 aromatic rings. The van der Waals surface area contributed by atoms with E-state index >= 15 is 0 Å². The van der Waals surface area contributed by atoms with Crippen LogP contribution in [0.25, 0.3) is 0 Å². The molecule has 1 aromatic heterocycles. The summed E-state index contributed by atoms with van der Waals surface area (Å²) in [6, 6.07) is 8.00. The molecule has 94 valence electrons. The Morgan fingerprint density at radius 2 is 2.11 bits per heavy atom. The molecule has 0 fully saturated rings. The van der Waals surface area contributed by atoms with Crippen molar-refractivity contribution >= 4 is 22.9 Å². The highest BCUT2D eigenvalue weighted by Crippen LogP contribution is 2.13. The van der Waals surface area contributed by atoms with Crippen LogP contribution in [0.15, 0.2) is 35.2 Å². The lowest BCUT2D eigenvalue weighted by molar-refractivity contribution is 0.102. The van der Waals surface area contributed by atoms with Gasteiger partial charge < -0.3 is 5.32 Å². The molecule has 0 aliphatic rings. The number of nitrogens with one attached hydrogen (secondary N) is 1. The standard InChI is InChI=1S/C14H16N2OS/c1-2-3-4-11-5-7-12(8-6-11)16-14(17)13-9-18-10-15-13/h5-10H,2-4H2,1H3,(H,16,17). The molecule has 0 aliphatic carbocycles. The van der Waals surface area contributed by atoms with Crippen LogP contribution in [0.1, 0.15) is 35.8 Å². The van der Waals surface area contributed by atoms with E-state index in [-0.39, 0.29) is 5.91 Å². The number of benzene rings is 1. The van der Waals surface area contributed by atoms with E-state index in [9.17, 15) is 4.79 Å². The number of rotatable bonds is 5. The second-order valence-corrected chi connectivity index (χ2v) is 4.85. The van der Waals surface area contributed by atoms with E-state index in [1.165, 1.54) is 29.7 Å². The van der Waals surface area contributed by atoms with Gasteiger partial charge in [-0.3, -0.25) is 4.79 Å². The Morgan fingerprint density at radius 3 is 2.72 bits per heavy atom. The minimum absolute atomic E-state index is 0.155. The zero-order valence-corrected chi connectivity index (χ0v) is 11.2. The Hall–Kier alpha value is -1.68. The summed E-state index contributed by atoms with van der Waals surface area (Å²) in [5, 5.41) is 4.57. The van der Waals surface area contributed by atoms with E-state index < -0.39 is 0 Å². The number of unbranched alkanes of at least 4 members (excludes halogenated alkanes) is 1. The summed E-state index contributed by atoms with van der Waals surface area (Å²) in [5.74, 6) is -0.155. The number of hydrogen-bond acceptors (Lipinski definition) is 3. The molecule has 0 atom stereocenters. The van der Waals surface area contributed by atoms with Gasteiger partial charge in [0.15, 0.2) is 0 Å². The molecule has 0 saturated heterocycles. The van der Waals surface area contributed by atoms with Crippen molar-refractivity contribution in [3.63, 3.8) is 0 Å². The first-order valence-corrected chi connectivity index (χ1v) is 7.02. The van der Waals surface area contributed by atoms with E-state index in [0.717, 1.165) is 12.1 Å². The first-order valence-electron chi connectivity index (χ1n) is 6.08. The Morgan fingerprint density at radius 1 is 1.33 bits per heavy atom. The Kier molecular flexibility index (Phi) is 4.47. The molecular weight excluding hydrogens is 244 g/mol. The van der Waals surface area contributed by atoms with Crippen molar-refractivity contribution in [2.75, 3.05) is 5.32 Å². The maximum atomic E-state index is 11.8. The lowest BCUT2D eigenvalue weighted by Crippen LogP contribution is -2.11. The Labute approximate surface area is 111 Å². The third-order valence-corrected chi connectivity index (χ3v) is 3.28. The molecule has 1 amide bonds. The van der Waals surface area contributed by atoms with Gasteiger partial charge in [-0.2, -0.15) is 0 Å². The van der Waals surface area contributed by atoms with Gasteiger partial charge in [-0.15, -0.1) is 11.3 Å². The number of aromatic nitrogens is 1. The van der Waals surface area contributed by atoms with E-state index in [0.29, 0.717) is 5.69 Å². The fourth-order valence-corrected chi connectivity index (χ4v) is 2.19. The number of thiazole rings is 1. The van der Waals surface area contributed by atoms with Crippen LogP contribution < -0.4 is 5.32 Å². The first kappa shape index (κ1) is 12.8. The summed E-state index contributed by atoms with van der Waals surface area (Å²) in [6.07, 6.45) is 3.49. The van der Waals surface area contributed by atoms with Gasteiger partial charge in [-0.05, 0) is 30.5 Å². The summed E-state index contributed by atoms with van der Waals surface area (Å²) in [6.45, 7) is 2.18. The largest absolute Gasteiger partial charge is 0.321 e. The molecule has 4 heteroatoms. The number of amides is 1. The molecule has 1 heterocycles. The number of carbonyl (C=O) groups is 1. The second-order valence-electron chi connectivity index (χ2n) is 4.13. The molecule has 3 nitrogen and oxygen atoms in total. The van der Waals surface area contributed by atoms with Gasteiger partial charge in [0.1, 0.15) is 5.69 Å². The van der Waals surface area contributed by atoms with Crippen LogP contribution in [-0.2, 0) is 6.42 Å². The molecule has 0 bridgehead atoms. The molecule has 2 rings (SSSR count). The second kappa shape index (κ2) is 6.31. The summed E-state index contributed by atoms with van der Waals surface area (Å²) < 4.78 is 0. The maximum Gasteiger partial charge on any atom is 0.275 e. The van der Waals surface area contributed by atoms with Crippen molar-refractivity contribution < 1.29 is 4.79 Å². The molecule has 0 aliphatic heterocycles. The zero-order chi connectivity index (χ0) is 12.8. The number of aryl methyl sites for hydroxylation is 1. The third kappa shape index (κ3) is 3.40. The van der Waals surface area contributed by atoms with Crippen LogP contribution in [0, 0.1) is 0 Å².